The zero-order valence-electron chi connectivity index (χ0n) is 8.93. The van der Waals surface area contributed by atoms with Crippen molar-refractivity contribution in [2.24, 2.45) is 5.73 Å². The van der Waals surface area contributed by atoms with Crippen molar-refractivity contribution in [3.05, 3.63) is 12.3 Å². The molecule has 0 aliphatic rings. The van der Waals surface area contributed by atoms with Gasteiger partial charge in [0.2, 0.25) is 22.9 Å². The highest BCUT2D eigenvalue weighted by atomic mass is 32.2. The minimum atomic E-state index is -5.09. The lowest BCUT2D eigenvalue weighted by molar-refractivity contribution is -0.115. The third-order valence-electron chi connectivity index (χ3n) is 1.68. The maximum absolute atomic E-state index is 12.3. The molecule has 0 saturated heterocycles. The molecule has 0 aliphatic carbocycles. The number of rotatable bonds is 2. The van der Waals surface area contributed by atoms with E-state index in [-0.39, 0.29) is 4.31 Å². The van der Waals surface area contributed by atoms with E-state index in [1.165, 1.54) is 0 Å². The molecule has 0 aromatic carbocycles. The van der Waals surface area contributed by atoms with Gasteiger partial charge in [-0.2, -0.15) is 13.2 Å². The summed E-state index contributed by atoms with van der Waals surface area (Å²) in [6.45, 7) is 0.816. The van der Waals surface area contributed by atoms with E-state index in [9.17, 15) is 22.2 Å². The highest BCUT2D eigenvalue weighted by Crippen LogP contribution is 2.26. The normalized spacial score (nSPS) is 13.1. The van der Waals surface area contributed by atoms with Crippen LogP contribution in [-0.4, -0.2) is 31.4 Å². The lowest BCUT2D eigenvalue weighted by Gasteiger charge is -2.18. The van der Waals surface area contributed by atoms with Gasteiger partial charge in [-0.3, -0.25) is 10.2 Å². The molecule has 18 heavy (non-hydrogen) atoms. The van der Waals surface area contributed by atoms with Gasteiger partial charge in [-0.05, 0) is 0 Å². The van der Waals surface area contributed by atoms with Crippen LogP contribution in [-0.2, 0) is 15.8 Å². The van der Waals surface area contributed by atoms with Gasteiger partial charge in [-0.15, -0.1) is 5.10 Å². The lowest BCUT2D eigenvalue weighted by atomic mass is 10.6. The van der Waals surface area contributed by atoms with E-state index in [1.807, 2.05) is 0 Å². The molecule has 0 bridgehead atoms. The summed E-state index contributed by atoms with van der Waals surface area (Å²) in [6.07, 6.45) is 1.07. The Morgan fingerprint density at radius 3 is 2.50 bits per heavy atom. The Labute approximate surface area is 101 Å². The molecule has 11 heteroatoms. The van der Waals surface area contributed by atoms with Crippen LogP contribution >= 0.6 is 0 Å². The molecule has 1 rings (SSSR count). The Hall–Kier alpha value is -1.91. The van der Waals surface area contributed by atoms with Crippen LogP contribution in [0, 0.1) is 5.41 Å². The van der Waals surface area contributed by atoms with Crippen molar-refractivity contribution in [1.82, 2.24) is 9.78 Å². The van der Waals surface area contributed by atoms with Crippen LogP contribution in [0.5, 0.6) is 0 Å². The second-order valence-electron chi connectivity index (χ2n) is 3.01. The van der Waals surface area contributed by atoms with Gasteiger partial charge in [-0.25, -0.2) is 13.2 Å². The molecule has 1 aromatic heterocycles. The van der Waals surface area contributed by atoms with Crippen molar-refractivity contribution in [2.45, 2.75) is 12.4 Å². The van der Waals surface area contributed by atoms with E-state index in [2.05, 4.69) is 5.10 Å². The molecule has 1 amide bonds. The Kier molecular flexibility index (Phi) is 3.74. The first-order chi connectivity index (χ1) is 8.14. The number of carbonyl (C=O) groups excluding carboxylic acids is 1. The number of hydrogen-bond donors (Lipinski definition) is 2. The van der Waals surface area contributed by atoms with Crippen LogP contribution in [0.15, 0.2) is 12.3 Å². The fourth-order valence-electron chi connectivity index (χ4n) is 1.02. The van der Waals surface area contributed by atoms with E-state index in [1.54, 1.807) is 0 Å². The standard InChI is InChI=1S/C7H8F3N5O2S/c1-4(16)15(18(17)7(8,9)10)5-2-3-14(13-5)6(11)12/h2-3H,1H3,(H3,11,12). The fourth-order valence-corrected chi connectivity index (χ4v) is 1.73. The zero-order valence-corrected chi connectivity index (χ0v) is 9.75. The van der Waals surface area contributed by atoms with Crippen LogP contribution < -0.4 is 10.0 Å². The second-order valence-corrected chi connectivity index (χ2v) is 4.34. The average molecular weight is 283 g/mol. The second kappa shape index (κ2) is 4.76. The fraction of sp³-hybridized carbons (Fsp3) is 0.286. The molecule has 0 radical (unpaired) electrons. The number of nitrogens with two attached hydrogens (primary N) is 1. The number of aromatic nitrogens is 2. The minimum Gasteiger partial charge on any atom is -0.368 e. The third-order valence-corrected chi connectivity index (χ3v) is 2.85. The van der Waals surface area contributed by atoms with Gasteiger partial charge in [0.15, 0.2) is 5.82 Å². The van der Waals surface area contributed by atoms with Crippen LogP contribution in [0.2, 0.25) is 0 Å². The van der Waals surface area contributed by atoms with Crippen molar-refractivity contribution in [2.75, 3.05) is 4.31 Å². The molecule has 0 aliphatic heterocycles. The van der Waals surface area contributed by atoms with Gasteiger partial charge in [0.05, 0.1) is 0 Å². The van der Waals surface area contributed by atoms with Gasteiger partial charge in [-0.1, -0.05) is 0 Å². The summed E-state index contributed by atoms with van der Waals surface area (Å²) in [6, 6.07) is 0.992. The number of alkyl halides is 3. The Balaban J connectivity index is 3.17. The van der Waals surface area contributed by atoms with E-state index >= 15 is 0 Å². The van der Waals surface area contributed by atoms with Crippen molar-refractivity contribution >= 4 is 28.7 Å². The number of carbonyl (C=O) groups is 1. The number of nitrogens with one attached hydrogen (secondary N) is 1. The Morgan fingerprint density at radius 1 is 1.61 bits per heavy atom. The topological polar surface area (TPSA) is 105 Å². The SMILES string of the molecule is CC(=O)N(c1ccn(C(=N)N)n1)S(=O)C(F)(F)F. The Bertz CT molecular complexity index is 511. The van der Waals surface area contributed by atoms with Crippen LogP contribution in [0.25, 0.3) is 0 Å². The van der Waals surface area contributed by atoms with E-state index in [0.717, 1.165) is 23.9 Å². The molecule has 1 atom stereocenters. The smallest absolute Gasteiger partial charge is 0.368 e. The zero-order chi connectivity index (χ0) is 14.1. The molecule has 1 heterocycles. The lowest BCUT2D eigenvalue weighted by Crippen LogP contribution is -2.39. The van der Waals surface area contributed by atoms with Crippen molar-refractivity contribution in [3.63, 3.8) is 0 Å². The molecule has 0 fully saturated rings. The molecule has 100 valence electrons. The summed E-state index contributed by atoms with van der Waals surface area (Å²) in [5, 5.41) is 10.4. The number of nitrogen functional groups attached to an aromatic ring is 1. The van der Waals surface area contributed by atoms with Gasteiger partial charge < -0.3 is 5.73 Å². The highest BCUT2D eigenvalue weighted by molar-refractivity contribution is 7.88. The van der Waals surface area contributed by atoms with Gasteiger partial charge in [0, 0.05) is 19.2 Å². The number of hydrogen-bond acceptors (Lipinski definition) is 4. The molecule has 3 N–H and O–H groups in total. The summed E-state index contributed by atoms with van der Waals surface area (Å²) in [5.74, 6) is -2.16. The largest absolute Gasteiger partial charge is 0.491 e. The Morgan fingerprint density at radius 2 is 2.17 bits per heavy atom. The van der Waals surface area contributed by atoms with Gasteiger partial charge >= 0.3 is 5.51 Å². The van der Waals surface area contributed by atoms with Crippen molar-refractivity contribution < 1.29 is 22.2 Å². The molecule has 1 aromatic rings. The van der Waals surface area contributed by atoms with Crippen LogP contribution in [0.1, 0.15) is 6.92 Å². The first kappa shape index (κ1) is 14.2. The number of anilines is 1. The van der Waals surface area contributed by atoms with Crippen LogP contribution in [0.4, 0.5) is 19.0 Å². The molecule has 0 saturated carbocycles. The summed E-state index contributed by atoms with van der Waals surface area (Å²) in [4.78, 5) is 11.1. The highest BCUT2D eigenvalue weighted by Gasteiger charge is 2.44. The average Bonchev–Trinajstić information content (AvgIpc) is 2.65. The van der Waals surface area contributed by atoms with E-state index < -0.39 is 34.2 Å². The first-order valence-corrected chi connectivity index (χ1v) is 5.44. The maximum Gasteiger partial charge on any atom is 0.491 e. The maximum atomic E-state index is 12.3. The summed E-state index contributed by atoms with van der Waals surface area (Å²) < 4.78 is 48.8. The predicted molar refractivity (Wildman–Crippen MR) is 56.9 cm³/mol. The first-order valence-electron chi connectivity index (χ1n) is 4.34. The van der Waals surface area contributed by atoms with Crippen LogP contribution in [0.3, 0.4) is 0 Å². The molecule has 7 nitrogen and oxygen atoms in total. The monoisotopic (exact) mass is 283 g/mol. The van der Waals surface area contributed by atoms with E-state index in [4.69, 9.17) is 11.1 Å². The van der Waals surface area contributed by atoms with E-state index in [0.29, 0.717) is 0 Å². The summed E-state index contributed by atoms with van der Waals surface area (Å²) in [5.41, 5.74) is -0.0441. The van der Waals surface area contributed by atoms with Crippen molar-refractivity contribution in [3.8, 4) is 0 Å². The molecule has 0 spiro atoms. The molecular weight excluding hydrogens is 275 g/mol. The van der Waals surface area contributed by atoms with Gasteiger partial charge in [0.1, 0.15) is 0 Å². The number of amides is 1. The van der Waals surface area contributed by atoms with Crippen molar-refractivity contribution in [1.29, 1.82) is 5.41 Å². The molecule has 1 unspecified atom stereocenters. The summed E-state index contributed by atoms with van der Waals surface area (Å²) in [7, 11) is -3.56. The minimum absolute atomic E-state index is 0.0283. The molecular formula is C7H8F3N5O2S. The quantitative estimate of drug-likeness (QED) is 0.595. The third kappa shape index (κ3) is 2.85. The number of halogens is 3. The summed E-state index contributed by atoms with van der Waals surface area (Å²) >= 11 is 0. The number of nitrogens with zero attached hydrogens (tertiary/aromatic N) is 3. The van der Waals surface area contributed by atoms with Gasteiger partial charge in [0.25, 0.3) is 0 Å². The predicted octanol–water partition coefficient (Wildman–Crippen LogP) is 0.161.